The van der Waals surface area contributed by atoms with E-state index in [0.717, 1.165) is 29.3 Å². The molecule has 1 aliphatic carbocycles. The van der Waals surface area contributed by atoms with Gasteiger partial charge in [-0.2, -0.15) is 0 Å². The lowest BCUT2D eigenvalue weighted by Gasteiger charge is -2.40. The quantitative estimate of drug-likeness (QED) is 0.166. The highest BCUT2D eigenvalue weighted by molar-refractivity contribution is 5.91. The molecule has 0 saturated carbocycles. The number of hydrogen-bond acceptors (Lipinski definition) is 4. The van der Waals surface area contributed by atoms with Crippen LogP contribution in [0.3, 0.4) is 0 Å². The molecule has 11 rings (SSSR count). The summed E-state index contributed by atoms with van der Waals surface area (Å²) in [5.74, 6) is 1.81. The molecule has 1 spiro atoms. The van der Waals surface area contributed by atoms with Gasteiger partial charge in [-0.1, -0.05) is 164 Å². The summed E-state index contributed by atoms with van der Waals surface area (Å²) < 4.78 is 6.55. The molecule has 7 aromatic carbocycles. The fourth-order valence-corrected chi connectivity index (χ4v) is 9.26. The molecule has 56 heavy (non-hydrogen) atoms. The van der Waals surface area contributed by atoms with Crippen molar-refractivity contribution in [3.63, 3.8) is 0 Å². The molecule has 0 saturated heterocycles. The molecule has 4 aliphatic rings. The molecule has 3 aliphatic heterocycles. The third kappa shape index (κ3) is 5.18. The first kappa shape index (κ1) is 32.5. The van der Waals surface area contributed by atoms with Gasteiger partial charge in [-0.3, -0.25) is 5.32 Å². The van der Waals surface area contributed by atoms with Gasteiger partial charge in [-0.15, -0.1) is 0 Å². The normalized spacial score (nSPS) is 18.4. The lowest BCUT2D eigenvalue weighted by molar-refractivity contribution is 0.435. The molecule has 0 bridgehead atoms. The van der Waals surface area contributed by atoms with E-state index in [1.807, 2.05) is 0 Å². The van der Waals surface area contributed by atoms with E-state index in [1.54, 1.807) is 0 Å². The summed E-state index contributed by atoms with van der Waals surface area (Å²) in [6.07, 6.45) is 6.85. The Morgan fingerprint density at radius 1 is 0.518 bits per heavy atom. The number of hydrogen-bond donors (Lipinski definition) is 3. The van der Waals surface area contributed by atoms with E-state index in [-0.39, 0.29) is 12.2 Å². The van der Waals surface area contributed by atoms with Gasteiger partial charge in [0.1, 0.15) is 17.7 Å². The summed E-state index contributed by atoms with van der Waals surface area (Å²) in [5, 5.41) is 11.4. The van der Waals surface area contributed by atoms with Crippen molar-refractivity contribution in [2.75, 3.05) is 6.54 Å². The van der Waals surface area contributed by atoms with E-state index in [9.17, 15) is 0 Å². The number of ether oxygens (including phenoxy) is 1. The molecule has 0 radical (unpaired) electrons. The second-order valence-electron chi connectivity index (χ2n) is 15.0. The zero-order chi connectivity index (χ0) is 37.1. The van der Waals surface area contributed by atoms with E-state index >= 15 is 0 Å². The Morgan fingerprint density at radius 2 is 1.12 bits per heavy atom. The van der Waals surface area contributed by atoms with Crippen LogP contribution in [0.4, 0.5) is 0 Å². The van der Waals surface area contributed by atoms with Crippen molar-refractivity contribution >= 4 is 11.4 Å². The largest absolute Gasteiger partial charge is 0.457 e. The Bertz CT molecular complexity index is 2680. The Labute approximate surface area is 327 Å². The molecule has 0 amide bonds. The van der Waals surface area contributed by atoms with Crippen molar-refractivity contribution < 1.29 is 4.74 Å². The maximum atomic E-state index is 6.55. The van der Waals surface area contributed by atoms with Crippen LogP contribution in [-0.2, 0) is 5.41 Å². The summed E-state index contributed by atoms with van der Waals surface area (Å²) >= 11 is 0. The van der Waals surface area contributed by atoms with Gasteiger partial charge >= 0.3 is 0 Å². The lowest BCUT2D eigenvalue weighted by Crippen LogP contribution is -2.39. The molecule has 3 heterocycles. The summed E-state index contributed by atoms with van der Waals surface area (Å²) in [6.45, 7) is 0.810. The van der Waals surface area contributed by atoms with Gasteiger partial charge in [-0.05, 0) is 80.4 Å². The highest BCUT2D eigenvalue weighted by Crippen LogP contribution is 2.61. The summed E-state index contributed by atoms with van der Waals surface area (Å²) in [7, 11) is 0. The maximum Gasteiger partial charge on any atom is 0.132 e. The number of allylic oxidation sites excluding steroid dienone is 2. The van der Waals surface area contributed by atoms with Crippen LogP contribution in [0.25, 0.3) is 33.6 Å². The summed E-state index contributed by atoms with van der Waals surface area (Å²) in [4.78, 5) is 0. The van der Waals surface area contributed by atoms with E-state index in [4.69, 9.17) is 4.74 Å². The molecular formula is C52H39N3O. The van der Waals surface area contributed by atoms with Crippen LogP contribution in [0.2, 0.25) is 0 Å². The molecule has 2 atom stereocenters. The fraction of sp³-hybridized carbons (Fsp3) is 0.0769. The van der Waals surface area contributed by atoms with Crippen LogP contribution in [0.5, 0.6) is 11.5 Å². The van der Waals surface area contributed by atoms with Crippen molar-refractivity contribution in [2.24, 2.45) is 0 Å². The number of fused-ring (bicyclic) bond motifs is 8. The minimum absolute atomic E-state index is 0.0218. The van der Waals surface area contributed by atoms with Crippen LogP contribution in [0.1, 0.15) is 51.2 Å². The van der Waals surface area contributed by atoms with E-state index in [1.165, 1.54) is 66.9 Å². The highest BCUT2D eigenvalue weighted by atomic mass is 16.5. The number of benzene rings is 7. The smallest absolute Gasteiger partial charge is 0.132 e. The van der Waals surface area contributed by atoms with Crippen molar-refractivity contribution in [3.05, 3.63) is 239 Å². The van der Waals surface area contributed by atoms with E-state index < -0.39 is 5.41 Å². The standard InChI is InChI=1S/C52H39N3O/c1-3-13-36(14-4-1)46-33-47(55-51(54-46)37-15-5-2-6-16-37)40-18-11-17-38(31-40)34-24-26-35(27-25-34)39-28-29-41-45(32-39)52(44-21-12-30-53-50(41)44)42-19-7-9-22-48(42)56-49-23-10-8-20-43(49)52/h1-29,31-33,46,51,53-55H,30H2. The first-order valence-corrected chi connectivity index (χ1v) is 19.5. The van der Waals surface area contributed by atoms with Gasteiger partial charge in [0.25, 0.3) is 0 Å². The zero-order valence-electron chi connectivity index (χ0n) is 30.7. The third-order valence-corrected chi connectivity index (χ3v) is 11.8. The van der Waals surface area contributed by atoms with E-state index in [0.29, 0.717) is 0 Å². The number of rotatable bonds is 5. The van der Waals surface area contributed by atoms with Gasteiger partial charge in [-0.25, -0.2) is 0 Å². The molecule has 7 aromatic rings. The van der Waals surface area contributed by atoms with Crippen LogP contribution < -0.4 is 20.7 Å². The molecule has 0 aromatic heterocycles. The van der Waals surface area contributed by atoms with Gasteiger partial charge in [0.2, 0.25) is 0 Å². The van der Waals surface area contributed by atoms with Crippen LogP contribution in [-0.4, -0.2) is 6.54 Å². The monoisotopic (exact) mass is 721 g/mol. The average Bonchev–Trinajstić information content (AvgIpc) is 3.57. The van der Waals surface area contributed by atoms with Crippen LogP contribution in [0.15, 0.2) is 200 Å². The predicted octanol–water partition coefficient (Wildman–Crippen LogP) is 11.3. The van der Waals surface area contributed by atoms with Crippen LogP contribution >= 0.6 is 0 Å². The predicted molar refractivity (Wildman–Crippen MR) is 227 cm³/mol. The molecule has 0 fully saturated rings. The Hall–Kier alpha value is -6.88. The van der Waals surface area contributed by atoms with Crippen molar-refractivity contribution in [3.8, 4) is 33.8 Å². The van der Waals surface area contributed by atoms with Crippen LogP contribution in [0, 0.1) is 0 Å². The Kier molecular flexibility index (Phi) is 7.64. The fourth-order valence-electron chi connectivity index (χ4n) is 9.26. The SMILES string of the molecule is C1=CC2=C(NC1)c1ccc(-c3ccc(-c4cccc(C5=CC(c6ccccc6)NC(c6ccccc6)N5)c4)cc3)cc1C21c2ccccc2Oc2ccccc21. The van der Waals surface area contributed by atoms with Gasteiger partial charge in [0, 0.05) is 34.6 Å². The molecule has 2 unspecified atom stereocenters. The minimum Gasteiger partial charge on any atom is -0.457 e. The molecule has 4 heteroatoms. The van der Waals surface area contributed by atoms with Gasteiger partial charge < -0.3 is 15.4 Å². The van der Waals surface area contributed by atoms with Gasteiger partial charge in [0.15, 0.2) is 0 Å². The maximum absolute atomic E-state index is 6.55. The molecule has 268 valence electrons. The third-order valence-electron chi connectivity index (χ3n) is 11.8. The highest BCUT2D eigenvalue weighted by Gasteiger charge is 2.52. The van der Waals surface area contributed by atoms with Gasteiger partial charge in [0.05, 0.1) is 11.5 Å². The lowest BCUT2D eigenvalue weighted by atomic mass is 9.65. The first-order valence-electron chi connectivity index (χ1n) is 19.5. The number of dihydropyridines is 1. The summed E-state index contributed by atoms with van der Waals surface area (Å²) in [5.41, 5.74) is 16.3. The van der Waals surface area contributed by atoms with Crippen molar-refractivity contribution in [2.45, 2.75) is 17.6 Å². The minimum atomic E-state index is -0.493. The second-order valence-corrected chi connectivity index (χ2v) is 15.0. The topological polar surface area (TPSA) is 45.3 Å². The van der Waals surface area contributed by atoms with Crippen molar-refractivity contribution in [1.29, 1.82) is 0 Å². The first-order chi connectivity index (χ1) is 27.7. The molecule has 4 nitrogen and oxygen atoms in total. The molecule has 3 N–H and O–H groups in total. The van der Waals surface area contributed by atoms with E-state index in [2.05, 4.69) is 210 Å². The second kappa shape index (κ2) is 13.2. The number of nitrogens with one attached hydrogen (secondary N) is 3. The molecular weight excluding hydrogens is 683 g/mol. The zero-order valence-corrected chi connectivity index (χ0v) is 30.7. The van der Waals surface area contributed by atoms with Crippen molar-refractivity contribution in [1.82, 2.24) is 16.0 Å². The number of para-hydroxylation sites is 2. The Morgan fingerprint density at radius 3 is 1.84 bits per heavy atom. The average molecular weight is 722 g/mol. The Balaban J connectivity index is 0.957. The summed E-state index contributed by atoms with van der Waals surface area (Å²) in [6, 6.07) is 63.4.